The molecule has 13 nitrogen and oxygen atoms in total. The third-order valence-corrected chi connectivity index (χ3v) is 6.26. The second-order valence-electron chi connectivity index (χ2n) is 12.0. The molecule has 6 N–H and O–H groups in total. The highest BCUT2D eigenvalue weighted by molar-refractivity contribution is 5.91. The van der Waals surface area contributed by atoms with Crippen molar-refractivity contribution in [3.63, 3.8) is 0 Å². The number of ether oxygens (including phenoxy) is 3. The molecule has 0 bridgehead atoms. The van der Waals surface area contributed by atoms with Gasteiger partial charge >= 0.3 is 6.09 Å². The molecule has 1 heterocycles. The first-order chi connectivity index (χ1) is 19.1. The zero-order valence-electron chi connectivity index (χ0n) is 25.8. The number of Topliss-reactive ketones (excluding diaryl/α,β-unsaturated/α-hetero) is 1. The lowest BCUT2D eigenvalue weighted by Gasteiger charge is -2.41. The standard InChI is InChI=1S/C28H52N6O7/c1-18(2)16-40-27(38)33-22(17-41-28(5,6)7)24(37)31-20(4)23(36)32-21-13-11-14-34(26(29)30)25(21)39-15-10-8-9-12-19(3)35/h18,20-22,25H,8-17H2,1-7H3,(H3,29,30)(H,31,37)(H,32,36)(H,33,38). The van der Waals surface area contributed by atoms with Gasteiger partial charge in [-0.25, -0.2) is 4.79 Å². The molecule has 1 fully saturated rings. The Morgan fingerprint density at radius 3 is 2.29 bits per heavy atom. The van der Waals surface area contributed by atoms with Gasteiger partial charge in [-0.2, -0.15) is 0 Å². The molecule has 1 aliphatic heterocycles. The SMILES string of the molecule is CC(=O)CCCCCOC1C(NC(=O)C(C)NC(=O)C(COC(C)(C)C)NC(=O)OCC(C)C)CCCN1C(=N)N. The van der Waals surface area contributed by atoms with Crippen LogP contribution in [0.15, 0.2) is 0 Å². The van der Waals surface area contributed by atoms with Crippen molar-refractivity contribution in [1.82, 2.24) is 20.9 Å². The second-order valence-corrected chi connectivity index (χ2v) is 12.0. The van der Waals surface area contributed by atoms with E-state index in [0.717, 1.165) is 19.3 Å². The zero-order chi connectivity index (χ0) is 31.2. The van der Waals surface area contributed by atoms with Crippen molar-refractivity contribution in [2.75, 3.05) is 26.4 Å². The maximum atomic E-state index is 13.1. The van der Waals surface area contributed by atoms with Crippen LogP contribution in [0.2, 0.25) is 0 Å². The average molecular weight is 585 g/mol. The number of nitrogens with one attached hydrogen (secondary N) is 4. The monoisotopic (exact) mass is 584 g/mol. The molecule has 0 radical (unpaired) electrons. The minimum Gasteiger partial charge on any atom is -0.449 e. The van der Waals surface area contributed by atoms with E-state index in [-0.39, 0.29) is 30.9 Å². The quantitative estimate of drug-likeness (QED) is 0.103. The van der Waals surface area contributed by atoms with Gasteiger partial charge in [0.05, 0.1) is 24.9 Å². The number of hydrogen-bond donors (Lipinski definition) is 5. The molecule has 4 atom stereocenters. The Kier molecular flexibility index (Phi) is 15.7. The summed E-state index contributed by atoms with van der Waals surface area (Å²) < 4.78 is 16.9. The molecule has 1 aliphatic rings. The fourth-order valence-electron chi connectivity index (χ4n) is 4.06. The molecule has 0 aliphatic carbocycles. The maximum absolute atomic E-state index is 13.1. The summed E-state index contributed by atoms with van der Waals surface area (Å²) in [4.78, 5) is 51.2. The molecule has 13 heteroatoms. The van der Waals surface area contributed by atoms with Crippen molar-refractivity contribution in [1.29, 1.82) is 5.41 Å². The van der Waals surface area contributed by atoms with Crippen LogP contribution in [0, 0.1) is 11.3 Å². The van der Waals surface area contributed by atoms with E-state index >= 15 is 0 Å². The number of alkyl carbamates (subject to hydrolysis) is 1. The number of piperidine rings is 1. The van der Waals surface area contributed by atoms with Gasteiger partial charge in [-0.3, -0.25) is 15.0 Å². The molecule has 41 heavy (non-hydrogen) atoms. The number of unbranched alkanes of at least 4 members (excludes halogenated alkanes) is 2. The van der Waals surface area contributed by atoms with Gasteiger partial charge in [-0.05, 0) is 66.2 Å². The molecule has 0 saturated carbocycles. The predicted molar refractivity (Wildman–Crippen MR) is 155 cm³/mol. The highest BCUT2D eigenvalue weighted by atomic mass is 16.5. The van der Waals surface area contributed by atoms with Crippen LogP contribution in [0.3, 0.4) is 0 Å². The Bertz CT molecular complexity index is 876. The highest BCUT2D eigenvalue weighted by Crippen LogP contribution is 2.19. The lowest BCUT2D eigenvalue weighted by Crippen LogP contribution is -2.62. The van der Waals surface area contributed by atoms with Gasteiger partial charge in [0.15, 0.2) is 12.2 Å². The lowest BCUT2D eigenvalue weighted by atomic mass is 10.0. The van der Waals surface area contributed by atoms with E-state index in [1.165, 1.54) is 0 Å². The van der Waals surface area contributed by atoms with Gasteiger partial charge in [-0.15, -0.1) is 0 Å². The van der Waals surface area contributed by atoms with E-state index in [9.17, 15) is 19.2 Å². The summed E-state index contributed by atoms with van der Waals surface area (Å²) in [5.74, 6) is -0.905. The van der Waals surface area contributed by atoms with E-state index in [0.29, 0.717) is 32.4 Å². The van der Waals surface area contributed by atoms with Crippen LogP contribution in [0.5, 0.6) is 0 Å². The number of hydrogen-bond acceptors (Lipinski definition) is 8. The Morgan fingerprint density at radius 2 is 1.71 bits per heavy atom. The van der Waals surface area contributed by atoms with Crippen LogP contribution in [0.1, 0.15) is 87.0 Å². The topological polar surface area (TPSA) is 185 Å². The molecular formula is C28H52N6O7. The number of amides is 3. The van der Waals surface area contributed by atoms with Gasteiger partial charge < -0.3 is 45.6 Å². The van der Waals surface area contributed by atoms with Gasteiger partial charge in [-0.1, -0.05) is 20.3 Å². The maximum Gasteiger partial charge on any atom is 0.407 e. The molecule has 3 amide bonds. The largest absolute Gasteiger partial charge is 0.449 e. The van der Waals surface area contributed by atoms with E-state index in [1.54, 1.807) is 18.7 Å². The lowest BCUT2D eigenvalue weighted by molar-refractivity contribution is -0.133. The van der Waals surface area contributed by atoms with Crippen molar-refractivity contribution in [3.05, 3.63) is 0 Å². The van der Waals surface area contributed by atoms with Crippen molar-refractivity contribution in [2.45, 2.75) is 117 Å². The van der Waals surface area contributed by atoms with E-state index < -0.39 is 47.9 Å². The molecular weight excluding hydrogens is 532 g/mol. The third-order valence-electron chi connectivity index (χ3n) is 6.26. The molecule has 0 aromatic rings. The van der Waals surface area contributed by atoms with Gasteiger partial charge in [0.1, 0.15) is 17.9 Å². The highest BCUT2D eigenvalue weighted by Gasteiger charge is 2.35. The second kappa shape index (κ2) is 17.8. The summed E-state index contributed by atoms with van der Waals surface area (Å²) in [6, 6.07) is -2.47. The third kappa shape index (κ3) is 15.0. The van der Waals surface area contributed by atoms with Crippen molar-refractivity contribution in [3.8, 4) is 0 Å². The molecule has 4 unspecified atom stereocenters. The summed E-state index contributed by atoms with van der Waals surface area (Å²) in [7, 11) is 0. The predicted octanol–water partition coefficient (Wildman–Crippen LogP) is 2.02. The minimum atomic E-state index is -1.08. The zero-order valence-corrected chi connectivity index (χ0v) is 25.8. The van der Waals surface area contributed by atoms with E-state index in [2.05, 4.69) is 16.0 Å². The van der Waals surface area contributed by atoms with Crippen molar-refractivity contribution in [2.24, 2.45) is 11.7 Å². The van der Waals surface area contributed by atoms with Crippen LogP contribution in [0.25, 0.3) is 0 Å². The number of guanidine groups is 1. The fourth-order valence-corrected chi connectivity index (χ4v) is 4.06. The summed E-state index contributed by atoms with van der Waals surface area (Å²) in [5, 5.41) is 16.1. The number of nitrogens with two attached hydrogens (primary N) is 1. The fraction of sp³-hybridized carbons (Fsp3) is 0.821. The Labute approximate surface area is 244 Å². The van der Waals surface area contributed by atoms with Crippen molar-refractivity contribution >= 4 is 29.7 Å². The van der Waals surface area contributed by atoms with Gasteiger partial charge in [0, 0.05) is 19.6 Å². The van der Waals surface area contributed by atoms with Crippen LogP contribution in [0.4, 0.5) is 4.79 Å². The number of ketones is 1. The number of likely N-dealkylation sites (tertiary alicyclic amines) is 1. The Morgan fingerprint density at radius 1 is 1.02 bits per heavy atom. The summed E-state index contributed by atoms with van der Waals surface area (Å²) in [5.41, 5.74) is 5.24. The Balaban J connectivity index is 2.81. The first-order valence-corrected chi connectivity index (χ1v) is 14.5. The first-order valence-electron chi connectivity index (χ1n) is 14.5. The summed E-state index contributed by atoms with van der Waals surface area (Å²) in [6.07, 6.45) is 2.78. The van der Waals surface area contributed by atoms with E-state index in [1.807, 2.05) is 34.6 Å². The molecule has 0 aromatic heterocycles. The summed E-state index contributed by atoms with van der Waals surface area (Å²) in [6.45, 7) is 13.4. The first kappa shape index (κ1) is 36.1. The van der Waals surface area contributed by atoms with Crippen molar-refractivity contribution < 1.29 is 33.4 Å². The number of carbonyl (C=O) groups is 4. The number of nitrogens with zero attached hydrogens (tertiary/aromatic N) is 1. The van der Waals surface area contributed by atoms with Crippen LogP contribution >= 0.6 is 0 Å². The molecule has 1 saturated heterocycles. The van der Waals surface area contributed by atoms with Gasteiger partial charge in [0.2, 0.25) is 11.8 Å². The summed E-state index contributed by atoms with van der Waals surface area (Å²) >= 11 is 0. The van der Waals surface area contributed by atoms with E-state index in [4.69, 9.17) is 25.4 Å². The minimum absolute atomic E-state index is 0.112. The van der Waals surface area contributed by atoms with Crippen LogP contribution in [-0.4, -0.2) is 90.9 Å². The molecule has 1 rings (SSSR count). The molecule has 0 spiro atoms. The van der Waals surface area contributed by atoms with Gasteiger partial charge in [0.25, 0.3) is 0 Å². The Hall–Kier alpha value is -2.93. The molecule has 0 aromatic carbocycles. The number of rotatable bonds is 16. The normalized spacial score (nSPS) is 18.8. The molecule has 236 valence electrons. The van der Waals surface area contributed by atoms with Crippen LogP contribution in [-0.2, 0) is 28.6 Å². The van der Waals surface area contributed by atoms with Crippen LogP contribution < -0.4 is 21.7 Å². The smallest absolute Gasteiger partial charge is 0.407 e. The average Bonchev–Trinajstić information content (AvgIpc) is 2.86. The number of carbonyl (C=O) groups excluding carboxylic acids is 4.